The Hall–Kier alpha value is -1.87. The quantitative estimate of drug-likeness (QED) is 0.867. The lowest BCUT2D eigenvalue weighted by atomic mass is 10.0. The molecule has 1 aliphatic rings. The first-order chi connectivity index (χ1) is 8.74. The normalized spacial score (nSPS) is 19.7. The molecule has 3 nitrogen and oxygen atoms in total. The summed E-state index contributed by atoms with van der Waals surface area (Å²) in [6.07, 6.45) is 0.758. The molecule has 92 valence electrons. The Morgan fingerprint density at radius 1 is 1.22 bits per heavy atom. The van der Waals surface area contributed by atoms with Crippen molar-refractivity contribution in [2.45, 2.75) is 12.5 Å². The van der Waals surface area contributed by atoms with Crippen LogP contribution in [-0.2, 0) is 11.2 Å². The average Bonchev–Trinajstić information content (AvgIpc) is 2.71. The van der Waals surface area contributed by atoms with Crippen molar-refractivity contribution >= 4 is 16.7 Å². The van der Waals surface area contributed by atoms with Crippen LogP contribution in [0.2, 0.25) is 0 Å². The Labute approximate surface area is 106 Å². The summed E-state index contributed by atoms with van der Waals surface area (Å²) in [6.45, 7) is 0.650. The molecular weight excluding hydrogens is 224 g/mol. The van der Waals surface area contributed by atoms with E-state index in [-0.39, 0.29) is 11.9 Å². The van der Waals surface area contributed by atoms with Crippen molar-refractivity contribution in [1.29, 1.82) is 0 Å². The number of likely N-dealkylation sites (N-methyl/N-ethyl adjacent to an activating group) is 1. The van der Waals surface area contributed by atoms with Crippen LogP contribution in [0.5, 0.6) is 0 Å². The summed E-state index contributed by atoms with van der Waals surface area (Å²) in [6, 6.07) is 14.6. The Kier molecular flexibility index (Phi) is 2.76. The summed E-state index contributed by atoms with van der Waals surface area (Å²) in [5.74, 6) is 0.183. The predicted molar refractivity (Wildman–Crippen MR) is 72.2 cm³/mol. The van der Waals surface area contributed by atoms with Crippen molar-refractivity contribution < 1.29 is 4.79 Å². The standard InChI is InChI=1S/C15H16N2O/c1-17-10-16-14(15(17)18)9-11-6-7-12-4-2-3-5-13(12)8-11/h2-8,14,16H,9-10H2,1H3/t14-/m0/s1. The largest absolute Gasteiger partial charge is 0.332 e. The summed E-state index contributed by atoms with van der Waals surface area (Å²) < 4.78 is 0. The molecule has 3 heteroatoms. The molecule has 0 unspecified atom stereocenters. The van der Waals surface area contributed by atoms with E-state index >= 15 is 0 Å². The second kappa shape index (κ2) is 4.42. The number of nitrogens with zero attached hydrogens (tertiary/aromatic N) is 1. The fourth-order valence-corrected chi connectivity index (χ4v) is 2.44. The summed E-state index contributed by atoms with van der Waals surface area (Å²) >= 11 is 0. The molecule has 0 radical (unpaired) electrons. The number of hydrogen-bond donors (Lipinski definition) is 1. The van der Waals surface area contributed by atoms with Crippen LogP contribution in [0.15, 0.2) is 42.5 Å². The molecule has 2 aromatic carbocycles. The number of hydrogen-bond acceptors (Lipinski definition) is 2. The van der Waals surface area contributed by atoms with Gasteiger partial charge in [0.15, 0.2) is 0 Å². The minimum absolute atomic E-state index is 0.0730. The molecule has 1 N–H and O–H groups in total. The van der Waals surface area contributed by atoms with Gasteiger partial charge in [0.05, 0.1) is 12.7 Å². The summed E-state index contributed by atoms with van der Waals surface area (Å²) in [5, 5.41) is 5.70. The van der Waals surface area contributed by atoms with Gasteiger partial charge in [0.1, 0.15) is 0 Å². The average molecular weight is 240 g/mol. The molecule has 0 bridgehead atoms. The van der Waals surface area contributed by atoms with E-state index in [0.717, 1.165) is 6.42 Å². The van der Waals surface area contributed by atoms with Crippen molar-refractivity contribution in [2.75, 3.05) is 13.7 Å². The van der Waals surface area contributed by atoms with E-state index in [1.165, 1.54) is 16.3 Å². The van der Waals surface area contributed by atoms with Crippen LogP contribution in [-0.4, -0.2) is 30.6 Å². The predicted octanol–water partition coefficient (Wildman–Crippen LogP) is 1.77. The molecule has 1 atom stereocenters. The molecule has 18 heavy (non-hydrogen) atoms. The van der Waals surface area contributed by atoms with Gasteiger partial charge in [-0.15, -0.1) is 0 Å². The highest BCUT2D eigenvalue weighted by Gasteiger charge is 2.28. The van der Waals surface area contributed by atoms with Gasteiger partial charge in [-0.25, -0.2) is 0 Å². The fourth-order valence-electron chi connectivity index (χ4n) is 2.44. The first-order valence-corrected chi connectivity index (χ1v) is 6.20. The Morgan fingerprint density at radius 2 is 2.00 bits per heavy atom. The fraction of sp³-hybridized carbons (Fsp3) is 0.267. The molecule has 1 aliphatic heterocycles. The summed E-state index contributed by atoms with van der Waals surface area (Å²) in [7, 11) is 1.83. The molecule has 1 saturated heterocycles. The van der Waals surface area contributed by atoms with Gasteiger partial charge in [-0.3, -0.25) is 10.1 Å². The minimum Gasteiger partial charge on any atom is -0.332 e. The monoisotopic (exact) mass is 240 g/mol. The zero-order valence-electron chi connectivity index (χ0n) is 10.4. The first-order valence-electron chi connectivity index (χ1n) is 6.20. The van der Waals surface area contributed by atoms with Gasteiger partial charge in [0.25, 0.3) is 0 Å². The topological polar surface area (TPSA) is 32.3 Å². The van der Waals surface area contributed by atoms with E-state index in [2.05, 4.69) is 35.6 Å². The van der Waals surface area contributed by atoms with E-state index in [1.54, 1.807) is 4.90 Å². The van der Waals surface area contributed by atoms with Crippen LogP contribution in [0.3, 0.4) is 0 Å². The molecule has 0 aromatic heterocycles. The number of fused-ring (bicyclic) bond motifs is 1. The van der Waals surface area contributed by atoms with Crippen LogP contribution in [0.1, 0.15) is 5.56 Å². The van der Waals surface area contributed by atoms with Crippen molar-refractivity contribution in [2.24, 2.45) is 0 Å². The number of benzene rings is 2. The molecular formula is C15H16N2O. The zero-order valence-corrected chi connectivity index (χ0v) is 10.4. The van der Waals surface area contributed by atoms with Gasteiger partial charge >= 0.3 is 0 Å². The lowest BCUT2D eigenvalue weighted by Gasteiger charge is -2.10. The molecule has 3 rings (SSSR count). The van der Waals surface area contributed by atoms with Crippen molar-refractivity contribution in [3.8, 4) is 0 Å². The molecule has 2 aromatic rings. The molecule has 0 aliphatic carbocycles. The minimum atomic E-state index is -0.0730. The third-order valence-corrected chi connectivity index (χ3v) is 3.50. The van der Waals surface area contributed by atoms with Crippen molar-refractivity contribution in [1.82, 2.24) is 10.2 Å². The third-order valence-electron chi connectivity index (χ3n) is 3.50. The highest BCUT2D eigenvalue weighted by Crippen LogP contribution is 2.17. The van der Waals surface area contributed by atoms with Crippen LogP contribution < -0.4 is 5.32 Å². The summed E-state index contributed by atoms with van der Waals surface area (Å²) in [5.41, 5.74) is 1.20. The van der Waals surface area contributed by atoms with Crippen LogP contribution in [0, 0.1) is 0 Å². The van der Waals surface area contributed by atoms with Gasteiger partial charge in [0, 0.05) is 7.05 Å². The highest BCUT2D eigenvalue weighted by molar-refractivity contribution is 5.85. The second-order valence-electron chi connectivity index (χ2n) is 4.84. The molecule has 0 saturated carbocycles. The van der Waals surface area contributed by atoms with Gasteiger partial charge in [-0.2, -0.15) is 0 Å². The van der Waals surface area contributed by atoms with E-state index in [1.807, 2.05) is 19.2 Å². The van der Waals surface area contributed by atoms with Gasteiger partial charge < -0.3 is 4.90 Å². The van der Waals surface area contributed by atoms with E-state index < -0.39 is 0 Å². The maximum absolute atomic E-state index is 11.8. The molecule has 1 fully saturated rings. The SMILES string of the molecule is CN1CN[C@@H](Cc2ccc3ccccc3c2)C1=O. The number of nitrogens with one attached hydrogen (secondary N) is 1. The Balaban J connectivity index is 1.85. The van der Waals surface area contributed by atoms with E-state index in [9.17, 15) is 4.79 Å². The number of carbonyl (C=O) groups is 1. The Bertz CT molecular complexity index is 594. The smallest absolute Gasteiger partial charge is 0.240 e. The van der Waals surface area contributed by atoms with E-state index in [0.29, 0.717) is 6.67 Å². The third kappa shape index (κ3) is 1.97. The van der Waals surface area contributed by atoms with Gasteiger partial charge in [-0.05, 0) is 22.8 Å². The number of rotatable bonds is 2. The lowest BCUT2D eigenvalue weighted by molar-refractivity contribution is -0.127. The summed E-state index contributed by atoms with van der Waals surface area (Å²) in [4.78, 5) is 13.6. The number of amides is 1. The van der Waals surface area contributed by atoms with Crippen LogP contribution >= 0.6 is 0 Å². The van der Waals surface area contributed by atoms with Crippen molar-refractivity contribution in [3.63, 3.8) is 0 Å². The number of carbonyl (C=O) groups excluding carboxylic acids is 1. The second-order valence-corrected chi connectivity index (χ2v) is 4.84. The maximum Gasteiger partial charge on any atom is 0.240 e. The van der Waals surface area contributed by atoms with Gasteiger partial charge in [-0.1, -0.05) is 42.5 Å². The first kappa shape index (κ1) is 11.2. The highest BCUT2D eigenvalue weighted by atomic mass is 16.2. The zero-order chi connectivity index (χ0) is 12.5. The lowest BCUT2D eigenvalue weighted by Crippen LogP contribution is -2.30. The van der Waals surface area contributed by atoms with E-state index in [4.69, 9.17) is 0 Å². The molecule has 1 heterocycles. The maximum atomic E-state index is 11.8. The van der Waals surface area contributed by atoms with Crippen LogP contribution in [0.25, 0.3) is 10.8 Å². The van der Waals surface area contributed by atoms with Crippen LogP contribution in [0.4, 0.5) is 0 Å². The molecule has 0 spiro atoms. The Morgan fingerprint density at radius 3 is 2.72 bits per heavy atom. The molecule has 1 amide bonds. The van der Waals surface area contributed by atoms with Crippen molar-refractivity contribution in [3.05, 3.63) is 48.0 Å². The van der Waals surface area contributed by atoms with Gasteiger partial charge in [0.2, 0.25) is 5.91 Å².